The average Bonchev–Trinajstić information content (AvgIpc) is 3.13. The number of nitrogen functional groups attached to an aromatic ring is 1. The van der Waals surface area contributed by atoms with E-state index in [4.69, 9.17) is 15.9 Å². The molecule has 0 radical (unpaired) electrons. The lowest BCUT2D eigenvalue weighted by atomic mass is 9.93. The molecule has 0 aliphatic rings. The first-order valence-electron chi connectivity index (χ1n) is 11.6. The van der Waals surface area contributed by atoms with Crippen molar-refractivity contribution in [3.05, 3.63) is 35.5 Å². The smallest absolute Gasteiger partial charge is 0.306 e. The third kappa shape index (κ3) is 8.36. The van der Waals surface area contributed by atoms with Crippen LogP contribution in [-0.2, 0) is 9.53 Å². The topological polar surface area (TPSA) is 121 Å². The van der Waals surface area contributed by atoms with Gasteiger partial charge in [-0.3, -0.25) is 15.0 Å². The Hall–Kier alpha value is -2.83. The number of carbonyl (C=O) groups is 2. The number of rotatable bonds is 12. The third-order valence-electron chi connectivity index (χ3n) is 5.34. The van der Waals surface area contributed by atoms with Gasteiger partial charge < -0.3 is 20.8 Å². The summed E-state index contributed by atoms with van der Waals surface area (Å²) < 4.78 is 5.48. The molecule has 7 heteroatoms. The Morgan fingerprint density at radius 3 is 2.53 bits per heavy atom. The second-order valence-corrected chi connectivity index (χ2v) is 9.45. The summed E-state index contributed by atoms with van der Waals surface area (Å²) in [6.07, 6.45) is 6.47. The lowest BCUT2D eigenvalue weighted by Gasteiger charge is -2.22. The predicted octanol–water partition coefficient (Wildman–Crippen LogP) is 4.89. The van der Waals surface area contributed by atoms with Crippen molar-refractivity contribution in [1.29, 1.82) is 5.41 Å². The van der Waals surface area contributed by atoms with Gasteiger partial charge in [-0.25, -0.2) is 0 Å². The molecule has 0 spiro atoms. The molecule has 1 unspecified atom stereocenters. The number of nitrogens with one attached hydrogen (secondary N) is 3. The zero-order chi connectivity index (χ0) is 23.7. The van der Waals surface area contributed by atoms with Crippen LogP contribution in [0.3, 0.4) is 0 Å². The maximum absolute atomic E-state index is 12.5. The minimum atomic E-state index is -0.451. The molecule has 1 amide bonds. The van der Waals surface area contributed by atoms with Crippen LogP contribution in [0.25, 0.3) is 10.9 Å². The third-order valence-corrected chi connectivity index (χ3v) is 5.34. The van der Waals surface area contributed by atoms with Gasteiger partial charge in [0.1, 0.15) is 17.1 Å². The number of fused-ring (bicyclic) bond motifs is 1. The Bertz CT molecular complexity index is 927. The molecule has 5 N–H and O–H groups in total. The highest BCUT2D eigenvalue weighted by Gasteiger charge is 2.20. The standard InChI is InChI=1S/C25H38N4O3/c1-5-6-9-17(14-22(30)32-25(2,3)4)10-7-8-13-28-24(31)21-16-19-15-18(23(26)27)11-12-20(19)29-21/h11-12,15-17,29H,5-10,13-14H2,1-4H3,(H3,26,27)(H,28,31). The summed E-state index contributed by atoms with van der Waals surface area (Å²) >= 11 is 0. The predicted molar refractivity (Wildman–Crippen MR) is 129 cm³/mol. The van der Waals surface area contributed by atoms with E-state index in [0.29, 0.717) is 30.1 Å². The van der Waals surface area contributed by atoms with E-state index in [1.54, 1.807) is 18.2 Å². The van der Waals surface area contributed by atoms with E-state index in [1.165, 1.54) is 0 Å². The Labute approximate surface area is 191 Å². The number of nitrogens with two attached hydrogens (primary N) is 1. The first kappa shape index (κ1) is 25.4. The van der Waals surface area contributed by atoms with Crippen LogP contribution in [0.5, 0.6) is 0 Å². The largest absolute Gasteiger partial charge is 0.460 e. The van der Waals surface area contributed by atoms with Crippen molar-refractivity contribution in [2.45, 2.75) is 78.2 Å². The number of carbonyl (C=O) groups excluding carboxylic acids is 2. The van der Waals surface area contributed by atoms with Crippen LogP contribution in [0.15, 0.2) is 24.3 Å². The van der Waals surface area contributed by atoms with Crippen LogP contribution in [-0.4, -0.2) is 34.8 Å². The fraction of sp³-hybridized carbons (Fsp3) is 0.560. The zero-order valence-electron chi connectivity index (χ0n) is 19.8. The van der Waals surface area contributed by atoms with Crippen molar-refractivity contribution in [3.63, 3.8) is 0 Å². The van der Waals surface area contributed by atoms with Crippen LogP contribution >= 0.6 is 0 Å². The highest BCUT2D eigenvalue weighted by atomic mass is 16.6. The molecular formula is C25H38N4O3. The Balaban J connectivity index is 1.79. The van der Waals surface area contributed by atoms with Gasteiger partial charge in [-0.15, -0.1) is 0 Å². The second kappa shape index (κ2) is 11.7. The average molecular weight is 443 g/mol. The van der Waals surface area contributed by atoms with Gasteiger partial charge in [-0.2, -0.15) is 0 Å². The monoisotopic (exact) mass is 442 g/mol. The molecule has 176 valence electrons. The van der Waals surface area contributed by atoms with Crippen molar-refractivity contribution in [3.8, 4) is 0 Å². The van der Waals surface area contributed by atoms with Gasteiger partial charge in [0.05, 0.1) is 0 Å². The summed E-state index contributed by atoms with van der Waals surface area (Å²) in [5, 5.41) is 11.3. The highest BCUT2D eigenvalue weighted by Crippen LogP contribution is 2.22. The number of amidine groups is 1. The number of aromatic amines is 1. The van der Waals surface area contributed by atoms with Crippen molar-refractivity contribution < 1.29 is 14.3 Å². The minimum absolute atomic E-state index is 0.00279. The summed E-state index contributed by atoms with van der Waals surface area (Å²) in [6.45, 7) is 8.42. The van der Waals surface area contributed by atoms with Crippen LogP contribution in [0.4, 0.5) is 0 Å². The molecule has 0 aliphatic heterocycles. The van der Waals surface area contributed by atoms with E-state index in [2.05, 4.69) is 17.2 Å². The van der Waals surface area contributed by atoms with Gasteiger partial charge in [0.2, 0.25) is 0 Å². The molecule has 1 atom stereocenters. The van der Waals surface area contributed by atoms with Gasteiger partial charge in [0.15, 0.2) is 0 Å². The van der Waals surface area contributed by atoms with Gasteiger partial charge in [-0.05, 0) is 70.2 Å². The molecule has 1 aromatic heterocycles. The Morgan fingerprint density at radius 2 is 1.88 bits per heavy atom. The van der Waals surface area contributed by atoms with Crippen LogP contribution < -0.4 is 11.1 Å². The number of aromatic nitrogens is 1. The SMILES string of the molecule is CCCCC(CCCCNC(=O)c1cc2cc(C(=N)N)ccc2[nH]1)CC(=O)OC(C)(C)C. The summed E-state index contributed by atoms with van der Waals surface area (Å²) in [5.41, 5.74) is 7.04. The minimum Gasteiger partial charge on any atom is -0.460 e. The van der Waals surface area contributed by atoms with Gasteiger partial charge in [0, 0.05) is 29.4 Å². The summed E-state index contributed by atoms with van der Waals surface area (Å²) in [5.74, 6) is 0.0493. The fourth-order valence-electron chi connectivity index (χ4n) is 3.74. The lowest BCUT2D eigenvalue weighted by molar-refractivity contribution is -0.156. The van der Waals surface area contributed by atoms with Crippen LogP contribution in [0.2, 0.25) is 0 Å². The summed E-state index contributed by atoms with van der Waals surface area (Å²) in [7, 11) is 0. The van der Waals surface area contributed by atoms with Crippen molar-refractivity contribution >= 4 is 28.6 Å². The molecular weight excluding hydrogens is 404 g/mol. The number of hydrogen-bond acceptors (Lipinski definition) is 4. The van der Waals surface area contributed by atoms with Gasteiger partial charge >= 0.3 is 5.97 Å². The number of benzene rings is 1. The molecule has 32 heavy (non-hydrogen) atoms. The number of amides is 1. The van der Waals surface area contributed by atoms with E-state index in [0.717, 1.165) is 49.4 Å². The first-order chi connectivity index (χ1) is 15.1. The van der Waals surface area contributed by atoms with Gasteiger partial charge in [0.25, 0.3) is 5.91 Å². The first-order valence-corrected chi connectivity index (χ1v) is 11.6. The molecule has 0 aliphatic carbocycles. The zero-order valence-corrected chi connectivity index (χ0v) is 19.8. The molecule has 0 fully saturated rings. The fourth-order valence-corrected chi connectivity index (χ4v) is 3.74. The molecule has 2 rings (SSSR count). The normalized spacial score (nSPS) is 12.5. The Kier molecular flexibility index (Phi) is 9.29. The quantitative estimate of drug-likeness (QED) is 0.162. The Morgan fingerprint density at radius 1 is 1.16 bits per heavy atom. The highest BCUT2D eigenvalue weighted by molar-refractivity contribution is 6.02. The number of ether oxygens (including phenoxy) is 1. The van der Waals surface area contributed by atoms with E-state index in [1.807, 2.05) is 26.8 Å². The molecule has 7 nitrogen and oxygen atoms in total. The van der Waals surface area contributed by atoms with Crippen LogP contribution in [0.1, 0.15) is 88.7 Å². The van der Waals surface area contributed by atoms with Crippen molar-refractivity contribution in [1.82, 2.24) is 10.3 Å². The maximum atomic E-state index is 12.5. The lowest BCUT2D eigenvalue weighted by Crippen LogP contribution is -2.26. The number of H-pyrrole nitrogens is 1. The molecule has 0 bridgehead atoms. The molecule has 1 heterocycles. The number of hydrogen-bond donors (Lipinski definition) is 4. The van der Waals surface area contributed by atoms with Crippen LogP contribution in [0, 0.1) is 11.3 Å². The van der Waals surface area contributed by atoms with E-state index in [-0.39, 0.29) is 17.7 Å². The van der Waals surface area contributed by atoms with E-state index >= 15 is 0 Å². The molecule has 1 aromatic carbocycles. The van der Waals surface area contributed by atoms with E-state index < -0.39 is 5.60 Å². The summed E-state index contributed by atoms with van der Waals surface area (Å²) in [4.78, 5) is 27.8. The van der Waals surface area contributed by atoms with E-state index in [9.17, 15) is 9.59 Å². The molecule has 0 saturated carbocycles. The number of esters is 1. The molecule has 0 saturated heterocycles. The molecule has 2 aromatic rings. The maximum Gasteiger partial charge on any atom is 0.306 e. The van der Waals surface area contributed by atoms with Crippen molar-refractivity contribution in [2.24, 2.45) is 11.7 Å². The number of unbranched alkanes of at least 4 members (excludes halogenated alkanes) is 2. The van der Waals surface area contributed by atoms with Gasteiger partial charge in [-0.1, -0.05) is 26.2 Å². The van der Waals surface area contributed by atoms with Crippen molar-refractivity contribution in [2.75, 3.05) is 6.54 Å². The summed E-state index contributed by atoms with van der Waals surface area (Å²) in [6, 6.07) is 7.16. The second-order valence-electron chi connectivity index (χ2n) is 9.45.